The van der Waals surface area contributed by atoms with Crippen LogP contribution in [0.1, 0.15) is 39.0 Å². The van der Waals surface area contributed by atoms with Crippen LogP contribution >= 0.6 is 0 Å². The first-order valence-corrected chi connectivity index (χ1v) is 7.01. The Morgan fingerprint density at radius 2 is 1.95 bits per heavy atom. The predicted octanol–water partition coefficient (Wildman–Crippen LogP) is 1.24. The number of aromatic nitrogens is 1. The van der Waals surface area contributed by atoms with Crippen molar-refractivity contribution in [2.45, 2.75) is 20.8 Å². The lowest BCUT2D eigenvalue weighted by atomic mass is 10.1. The molecule has 0 saturated heterocycles. The van der Waals surface area contributed by atoms with Gasteiger partial charge in [0.05, 0.1) is 19.8 Å². The molecule has 1 N–H and O–H groups in total. The minimum absolute atomic E-state index is 0.0350. The minimum atomic E-state index is -0.396. The normalized spacial score (nSPS) is 10.7. The molecule has 21 heavy (non-hydrogen) atoms. The molecule has 6 nitrogen and oxygen atoms in total. The lowest BCUT2D eigenvalue weighted by molar-refractivity contribution is 0.0514. The Balaban J connectivity index is 2.95. The van der Waals surface area contributed by atoms with Crippen LogP contribution in [0.2, 0.25) is 0 Å². The van der Waals surface area contributed by atoms with Crippen LogP contribution in [0.3, 0.4) is 0 Å². The van der Waals surface area contributed by atoms with Crippen molar-refractivity contribution in [1.82, 2.24) is 9.88 Å². The highest BCUT2D eigenvalue weighted by Gasteiger charge is 2.25. The maximum atomic E-state index is 12.3. The second kappa shape index (κ2) is 7.95. The van der Waals surface area contributed by atoms with Crippen LogP contribution in [0, 0.1) is 13.8 Å². The summed E-state index contributed by atoms with van der Waals surface area (Å²) in [6.07, 6.45) is 0. The molecule has 118 valence electrons. The van der Waals surface area contributed by atoms with Crippen molar-refractivity contribution in [2.24, 2.45) is 7.05 Å². The highest BCUT2D eigenvalue weighted by Crippen LogP contribution is 2.22. The van der Waals surface area contributed by atoms with Gasteiger partial charge in [0.1, 0.15) is 5.69 Å². The van der Waals surface area contributed by atoms with Crippen molar-refractivity contribution < 1.29 is 19.1 Å². The van der Waals surface area contributed by atoms with Crippen LogP contribution in [0.25, 0.3) is 0 Å². The molecule has 1 aromatic rings. The molecular formula is C15H24N2O4. The average Bonchev–Trinajstić information content (AvgIpc) is 2.65. The summed E-state index contributed by atoms with van der Waals surface area (Å²) in [5.74, 6) is -0.431. The Labute approximate surface area is 125 Å². The van der Waals surface area contributed by atoms with E-state index in [0.717, 1.165) is 5.69 Å². The van der Waals surface area contributed by atoms with Gasteiger partial charge >= 0.3 is 5.97 Å². The maximum absolute atomic E-state index is 12.3. The molecule has 1 aromatic heterocycles. The number of hydrogen-bond acceptors (Lipinski definition) is 5. The van der Waals surface area contributed by atoms with Crippen LogP contribution in [0.5, 0.6) is 0 Å². The van der Waals surface area contributed by atoms with Crippen LogP contribution in [0.4, 0.5) is 0 Å². The summed E-state index contributed by atoms with van der Waals surface area (Å²) in [6.45, 7) is 7.06. The third kappa shape index (κ3) is 3.92. The van der Waals surface area contributed by atoms with Gasteiger partial charge in [0.15, 0.2) is 5.78 Å². The van der Waals surface area contributed by atoms with Gasteiger partial charge in [-0.3, -0.25) is 4.79 Å². The Kier molecular flexibility index (Phi) is 6.58. The molecule has 1 rings (SSSR count). The van der Waals surface area contributed by atoms with Gasteiger partial charge < -0.3 is 19.4 Å². The van der Waals surface area contributed by atoms with E-state index in [1.807, 2.05) is 6.92 Å². The quantitative estimate of drug-likeness (QED) is 0.444. The molecule has 1 heterocycles. The van der Waals surface area contributed by atoms with Gasteiger partial charge in [-0.15, -0.1) is 0 Å². The Hall–Kier alpha value is -1.66. The van der Waals surface area contributed by atoms with Crippen molar-refractivity contribution in [1.29, 1.82) is 0 Å². The van der Waals surface area contributed by atoms with Crippen LogP contribution in [0.15, 0.2) is 0 Å². The summed E-state index contributed by atoms with van der Waals surface area (Å²) in [4.78, 5) is 24.3. The van der Waals surface area contributed by atoms with Gasteiger partial charge in [-0.2, -0.15) is 0 Å². The summed E-state index contributed by atoms with van der Waals surface area (Å²) in [5.41, 5.74) is 2.47. The van der Waals surface area contributed by atoms with E-state index >= 15 is 0 Å². The van der Waals surface area contributed by atoms with Gasteiger partial charge in [0.25, 0.3) is 0 Å². The lowest BCUT2D eigenvalue weighted by Gasteiger charge is -2.05. The molecule has 0 radical (unpaired) electrons. The fourth-order valence-corrected chi connectivity index (χ4v) is 2.34. The van der Waals surface area contributed by atoms with Gasteiger partial charge in [-0.25, -0.2) is 4.79 Å². The highest BCUT2D eigenvalue weighted by atomic mass is 16.5. The second-order valence-corrected chi connectivity index (χ2v) is 4.81. The van der Waals surface area contributed by atoms with E-state index in [1.54, 1.807) is 32.6 Å². The van der Waals surface area contributed by atoms with Gasteiger partial charge in [-0.1, -0.05) is 0 Å². The summed E-state index contributed by atoms with van der Waals surface area (Å²) >= 11 is 0. The van der Waals surface area contributed by atoms with Gasteiger partial charge in [-0.05, 0) is 26.3 Å². The topological polar surface area (TPSA) is 69.6 Å². The fourth-order valence-electron chi connectivity index (χ4n) is 2.34. The van der Waals surface area contributed by atoms with E-state index in [1.165, 1.54) is 0 Å². The van der Waals surface area contributed by atoms with Gasteiger partial charge in [0.2, 0.25) is 0 Å². The lowest BCUT2D eigenvalue weighted by Crippen LogP contribution is -2.26. The number of ether oxygens (including phenoxy) is 2. The molecular weight excluding hydrogens is 272 g/mol. The van der Waals surface area contributed by atoms with E-state index in [2.05, 4.69) is 5.32 Å². The number of carbonyl (C=O) groups excluding carboxylic acids is 2. The molecule has 0 unspecified atom stereocenters. The number of nitrogens with one attached hydrogen (secondary N) is 1. The minimum Gasteiger partial charge on any atom is -0.461 e. The average molecular weight is 296 g/mol. The van der Waals surface area contributed by atoms with Crippen LogP contribution in [-0.4, -0.2) is 49.7 Å². The van der Waals surface area contributed by atoms with Crippen molar-refractivity contribution >= 4 is 11.8 Å². The van der Waals surface area contributed by atoms with Crippen LogP contribution in [-0.2, 0) is 16.5 Å². The second-order valence-electron chi connectivity index (χ2n) is 4.81. The molecule has 0 aromatic carbocycles. The molecule has 0 saturated carbocycles. The zero-order valence-corrected chi connectivity index (χ0v) is 13.4. The van der Waals surface area contributed by atoms with E-state index in [9.17, 15) is 9.59 Å². The summed E-state index contributed by atoms with van der Waals surface area (Å²) in [5, 5.41) is 3.02. The Morgan fingerprint density at radius 1 is 1.29 bits per heavy atom. The first-order valence-electron chi connectivity index (χ1n) is 7.01. The number of ketones is 1. The van der Waals surface area contributed by atoms with Crippen molar-refractivity contribution in [3.05, 3.63) is 22.5 Å². The van der Waals surface area contributed by atoms with E-state index in [4.69, 9.17) is 9.47 Å². The van der Waals surface area contributed by atoms with E-state index in [0.29, 0.717) is 36.6 Å². The third-order valence-corrected chi connectivity index (χ3v) is 3.45. The number of hydrogen-bond donors (Lipinski definition) is 1. The highest BCUT2D eigenvalue weighted by molar-refractivity contribution is 6.03. The van der Waals surface area contributed by atoms with E-state index < -0.39 is 5.97 Å². The Morgan fingerprint density at radius 3 is 2.52 bits per heavy atom. The van der Waals surface area contributed by atoms with Crippen molar-refractivity contribution in [3.8, 4) is 0 Å². The smallest absolute Gasteiger partial charge is 0.355 e. The molecule has 0 spiro atoms. The molecule has 0 aliphatic carbocycles. The number of esters is 1. The predicted molar refractivity (Wildman–Crippen MR) is 79.9 cm³/mol. The molecule has 0 bridgehead atoms. The zero-order valence-electron chi connectivity index (χ0n) is 13.4. The first kappa shape index (κ1) is 17.4. The zero-order chi connectivity index (χ0) is 16.0. The van der Waals surface area contributed by atoms with Crippen molar-refractivity contribution in [3.63, 3.8) is 0 Å². The standard InChI is InChI=1S/C15H24N2O4/c1-6-21-15(19)14-10(2)13(11(3)17(14)4)12(18)9-16-7-8-20-5/h16H,6-9H2,1-5H3. The third-order valence-electron chi connectivity index (χ3n) is 3.45. The molecule has 6 heteroatoms. The summed E-state index contributed by atoms with van der Waals surface area (Å²) < 4.78 is 11.7. The first-order chi connectivity index (χ1) is 9.95. The largest absolute Gasteiger partial charge is 0.461 e. The molecule has 0 atom stereocenters. The number of rotatable bonds is 8. The number of methoxy groups -OCH3 is 1. The SMILES string of the molecule is CCOC(=O)c1c(C)c(C(=O)CNCCOC)c(C)n1C. The molecule has 0 aliphatic heterocycles. The summed E-state index contributed by atoms with van der Waals surface area (Å²) in [7, 11) is 3.38. The fraction of sp³-hybridized carbons (Fsp3) is 0.600. The van der Waals surface area contributed by atoms with Crippen LogP contribution < -0.4 is 5.32 Å². The molecule has 0 aliphatic rings. The van der Waals surface area contributed by atoms with Gasteiger partial charge in [0, 0.05) is 32.0 Å². The molecule has 0 fully saturated rings. The number of carbonyl (C=O) groups is 2. The van der Waals surface area contributed by atoms with E-state index in [-0.39, 0.29) is 12.3 Å². The Bertz CT molecular complexity index is 520. The number of Topliss-reactive ketones (excluding diaryl/α,β-unsaturated/α-hetero) is 1. The number of nitrogens with zero attached hydrogens (tertiary/aromatic N) is 1. The monoisotopic (exact) mass is 296 g/mol. The summed E-state index contributed by atoms with van der Waals surface area (Å²) in [6, 6.07) is 0. The van der Waals surface area contributed by atoms with Crippen molar-refractivity contribution in [2.75, 3.05) is 33.4 Å². The molecule has 0 amide bonds. The maximum Gasteiger partial charge on any atom is 0.355 e.